The molecular formula is C18H21N7. The molecule has 0 bridgehead atoms. The molecule has 0 amide bonds. The molecular weight excluding hydrogens is 314 g/mol. The van der Waals surface area contributed by atoms with E-state index in [1.165, 1.54) is 25.9 Å². The van der Waals surface area contributed by atoms with Crippen molar-refractivity contribution in [2.75, 3.05) is 36.4 Å². The predicted molar refractivity (Wildman–Crippen MR) is 98.2 cm³/mol. The van der Waals surface area contributed by atoms with Crippen molar-refractivity contribution >= 4 is 28.4 Å². The van der Waals surface area contributed by atoms with Crippen LogP contribution in [-0.4, -0.2) is 46.3 Å². The van der Waals surface area contributed by atoms with Crippen LogP contribution in [0.25, 0.3) is 10.9 Å². The second-order valence-electron chi connectivity index (χ2n) is 7.13. The minimum atomic E-state index is 0.534. The van der Waals surface area contributed by atoms with Gasteiger partial charge in [0, 0.05) is 43.4 Å². The van der Waals surface area contributed by atoms with Gasteiger partial charge in [0.25, 0.3) is 0 Å². The van der Waals surface area contributed by atoms with Gasteiger partial charge in [-0.05, 0) is 42.5 Å². The standard InChI is InChI=1S/C18H21N7/c1-2-15-13(10-21-24-15)9-14(1)22-16-3-6-20-17(23-16)25-7-4-18(5-8-25)11-19-12-18/h1-3,6,9-10,19H,4-5,7-8,11-12H2,(H,21,24)(H,20,22,23). The molecule has 0 aliphatic carbocycles. The molecule has 0 radical (unpaired) electrons. The summed E-state index contributed by atoms with van der Waals surface area (Å²) < 4.78 is 0. The first-order valence-electron chi connectivity index (χ1n) is 8.79. The van der Waals surface area contributed by atoms with Gasteiger partial charge in [0.05, 0.1) is 11.7 Å². The van der Waals surface area contributed by atoms with Crippen molar-refractivity contribution < 1.29 is 0 Å². The summed E-state index contributed by atoms with van der Waals surface area (Å²) in [5.41, 5.74) is 2.56. The van der Waals surface area contributed by atoms with Gasteiger partial charge in [-0.2, -0.15) is 10.1 Å². The first-order valence-corrected chi connectivity index (χ1v) is 8.79. The lowest BCUT2D eigenvalue weighted by Crippen LogP contribution is -2.58. The van der Waals surface area contributed by atoms with Gasteiger partial charge in [-0.3, -0.25) is 5.10 Å². The normalized spacial score (nSPS) is 19.1. The SMILES string of the molecule is c1cc(Nc2ccc3[nH]ncc3c2)nc(N2CCC3(CC2)CNC3)n1. The molecule has 2 fully saturated rings. The Balaban J connectivity index is 1.32. The van der Waals surface area contributed by atoms with E-state index in [4.69, 9.17) is 4.98 Å². The molecule has 25 heavy (non-hydrogen) atoms. The molecule has 4 heterocycles. The Kier molecular flexibility index (Phi) is 3.34. The van der Waals surface area contributed by atoms with Crippen molar-refractivity contribution in [2.24, 2.45) is 5.41 Å². The Morgan fingerprint density at radius 3 is 2.80 bits per heavy atom. The number of piperidine rings is 1. The highest BCUT2D eigenvalue weighted by Crippen LogP contribution is 2.35. The van der Waals surface area contributed by atoms with Crippen LogP contribution >= 0.6 is 0 Å². The van der Waals surface area contributed by atoms with Gasteiger partial charge in [-0.1, -0.05) is 0 Å². The fourth-order valence-corrected chi connectivity index (χ4v) is 3.75. The van der Waals surface area contributed by atoms with E-state index in [-0.39, 0.29) is 0 Å². The van der Waals surface area contributed by atoms with Gasteiger partial charge in [-0.25, -0.2) is 4.98 Å². The van der Waals surface area contributed by atoms with E-state index in [1.54, 1.807) is 0 Å². The third-order valence-electron chi connectivity index (χ3n) is 5.46. The molecule has 7 nitrogen and oxygen atoms in total. The number of rotatable bonds is 3. The summed E-state index contributed by atoms with van der Waals surface area (Å²) in [6.45, 7) is 4.40. The molecule has 2 aliphatic rings. The van der Waals surface area contributed by atoms with Crippen LogP contribution in [0.2, 0.25) is 0 Å². The summed E-state index contributed by atoms with van der Waals surface area (Å²) >= 11 is 0. The zero-order valence-electron chi connectivity index (χ0n) is 14.0. The smallest absolute Gasteiger partial charge is 0.227 e. The van der Waals surface area contributed by atoms with Gasteiger partial charge in [0.15, 0.2) is 0 Å². The number of nitrogens with one attached hydrogen (secondary N) is 3. The summed E-state index contributed by atoms with van der Waals surface area (Å²) in [4.78, 5) is 11.5. The molecule has 2 aliphatic heterocycles. The van der Waals surface area contributed by atoms with E-state index in [9.17, 15) is 0 Å². The molecule has 3 aromatic rings. The van der Waals surface area contributed by atoms with Crippen LogP contribution < -0.4 is 15.5 Å². The second kappa shape index (κ2) is 5.70. The summed E-state index contributed by atoms with van der Waals surface area (Å²) in [6.07, 6.45) is 6.09. The van der Waals surface area contributed by atoms with Gasteiger partial charge >= 0.3 is 0 Å². The van der Waals surface area contributed by atoms with Crippen molar-refractivity contribution in [2.45, 2.75) is 12.8 Å². The van der Waals surface area contributed by atoms with Crippen LogP contribution in [0.3, 0.4) is 0 Å². The van der Waals surface area contributed by atoms with Crippen molar-refractivity contribution in [3.8, 4) is 0 Å². The van der Waals surface area contributed by atoms with Crippen molar-refractivity contribution in [1.82, 2.24) is 25.5 Å². The van der Waals surface area contributed by atoms with E-state index < -0.39 is 0 Å². The maximum Gasteiger partial charge on any atom is 0.227 e. The molecule has 0 atom stereocenters. The Morgan fingerprint density at radius 1 is 1.12 bits per heavy atom. The van der Waals surface area contributed by atoms with Crippen LogP contribution in [0.1, 0.15) is 12.8 Å². The largest absolute Gasteiger partial charge is 0.341 e. The van der Waals surface area contributed by atoms with Gasteiger partial charge in [-0.15, -0.1) is 0 Å². The average molecular weight is 335 g/mol. The lowest BCUT2D eigenvalue weighted by molar-refractivity contribution is 0.126. The molecule has 3 N–H and O–H groups in total. The molecule has 1 aromatic carbocycles. The number of H-pyrrole nitrogens is 1. The van der Waals surface area contributed by atoms with Crippen LogP contribution in [-0.2, 0) is 0 Å². The van der Waals surface area contributed by atoms with Crippen molar-refractivity contribution in [1.29, 1.82) is 0 Å². The highest BCUT2D eigenvalue weighted by Gasteiger charge is 2.40. The topological polar surface area (TPSA) is 81.8 Å². The number of aromatic nitrogens is 4. The highest BCUT2D eigenvalue weighted by atomic mass is 15.3. The number of nitrogens with zero attached hydrogens (tertiary/aromatic N) is 4. The van der Waals surface area contributed by atoms with Crippen molar-refractivity contribution in [3.63, 3.8) is 0 Å². The Bertz CT molecular complexity index is 889. The number of fused-ring (bicyclic) bond motifs is 1. The maximum atomic E-state index is 4.72. The quantitative estimate of drug-likeness (QED) is 0.681. The fraction of sp³-hybridized carbons (Fsp3) is 0.389. The summed E-state index contributed by atoms with van der Waals surface area (Å²) in [6, 6.07) is 8.01. The molecule has 128 valence electrons. The third kappa shape index (κ3) is 2.70. The van der Waals surface area contributed by atoms with Gasteiger partial charge in [0.2, 0.25) is 5.95 Å². The number of hydrogen-bond donors (Lipinski definition) is 3. The zero-order valence-corrected chi connectivity index (χ0v) is 14.0. The number of hydrogen-bond acceptors (Lipinski definition) is 6. The molecule has 1 spiro atoms. The lowest BCUT2D eigenvalue weighted by Gasteiger charge is -2.48. The summed E-state index contributed by atoms with van der Waals surface area (Å²) in [5, 5.41) is 14.9. The number of benzene rings is 1. The highest BCUT2D eigenvalue weighted by molar-refractivity contribution is 5.82. The molecule has 2 aromatic heterocycles. The van der Waals surface area contributed by atoms with E-state index in [2.05, 4.69) is 36.8 Å². The van der Waals surface area contributed by atoms with Gasteiger partial charge in [0.1, 0.15) is 5.82 Å². The average Bonchev–Trinajstić information content (AvgIpc) is 3.08. The first kappa shape index (κ1) is 14.7. The van der Waals surface area contributed by atoms with Crippen LogP contribution in [0.5, 0.6) is 0 Å². The van der Waals surface area contributed by atoms with Crippen LogP contribution in [0, 0.1) is 5.41 Å². The van der Waals surface area contributed by atoms with E-state index in [1.807, 2.05) is 30.6 Å². The Labute approximate surface area is 145 Å². The Morgan fingerprint density at radius 2 is 2.00 bits per heavy atom. The van der Waals surface area contributed by atoms with Crippen LogP contribution in [0.4, 0.5) is 17.5 Å². The van der Waals surface area contributed by atoms with E-state index >= 15 is 0 Å². The van der Waals surface area contributed by atoms with E-state index in [0.717, 1.165) is 41.4 Å². The van der Waals surface area contributed by atoms with Crippen LogP contribution in [0.15, 0.2) is 36.7 Å². The first-order chi connectivity index (χ1) is 12.3. The number of anilines is 3. The fourth-order valence-electron chi connectivity index (χ4n) is 3.75. The Hall–Kier alpha value is -2.67. The monoisotopic (exact) mass is 335 g/mol. The molecule has 2 saturated heterocycles. The number of aromatic amines is 1. The minimum Gasteiger partial charge on any atom is -0.341 e. The maximum absolute atomic E-state index is 4.72. The molecule has 5 rings (SSSR count). The molecule has 0 unspecified atom stereocenters. The zero-order chi connectivity index (χ0) is 16.7. The second-order valence-corrected chi connectivity index (χ2v) is 7.13. The van der Waals surface area contributed by atoms with E-state index in [0.29, 0.717) is 5.41 Å². The lowest BCUT2D eigenvalue weighted by atomic mass is 9.73. The molecule has 0 saturated carbocycles. The summed E-state index contributed by atoms with van der Waals surface area (Å²) in [5.74, 6) is 1.63. The third-order valence-corrected chi connectivity index (χ3v) is 5.46. The predicted octanol–water partition coefficient (Wildman–Crippen LogP) is 2.29. The van der Waals surface area contributed by atoms with Crippen molar-refractivity contribution in [3.05, 3.63) is 36.7 Å². The van der Waals surface area contributed by atoms with Gasteiger partial charge < -0.3 is 15.5 Å². The summed E-state index contributed by atoms with van der Waals surface area (Å²) in [7, 11) is 0. The minimum absolute atomic E-state index is 0.534. The molecule has 7 heteroatoms.